The van der Waals surface area contributed by atoms with Crippen molar-refractivity contribution in [1.29, 1.82) is 0 Å². The molecule has 0 amide bonds. The van der Waals surface area contributed by atoms with Crippen LogP contribution in [0.3, 0.4) is 0 Å². The van der Waals surface area contributed by atoms with Gasteiger partial charge in [0.05, 0.1) is 20.6 Å². The fourth-order valence-corrected chi connectivity index (χ4v) is 4.34. The molecule has 3 aromatic rings. The van der Waals surface area contributed by atoms with Crippen LogP contribution in [0.4, 0.5) is 5.82 Å². The lowest BCUT2D eigenvalue weighted by atomic mass is 10.1. The van der Waals surface area contributed by atoms with Gasteiger partial charge in [-0.05, 0) is 75.6 Å². The molecule has 0 saturated carbocycles. The molecule has 1 N–H and O–H groups in total. The van der Waals surface area contributed by atoms with E-state index in [0.717, 1.165) is 67.0 Å². The Labute approximate surface area is 206 Å². The zero-order valence-corrected chi connectivity index (χ0v) is 21.2. The number of aryl methyl sites for hydroxylation is 2. The number of halogens is 3. The molecule has 32 heavy (non-hydrogen) atoms. The summed E-state index contributed by atoms with van der Waals surface area (Å²) in [4.78, 5) is 12.1. The molecule has 1 atom stereocenters. The van der Waals surface area contributed by atoms with Gasteiger partial charge >= 0.3 is 0 Å². The van der Waals surface area contributed by atoms with E-state index in [0.29, 0.717) is 27.5 Å². The number of aromatic nitrogens is 2. The Bertz CT molecular complexity index is 1040. The van der Waals surface area contributed by atoms with Crippen LogP contribution < -0.4 is 5.32 Å². The van der Waals surface area contributed by atoms with Crippen LogP contribution in [-0.2, 0) is 12.8 Å². The highest BCUT2D eigenvalue weighted by molar-refractivity contribution is 6.42. The van der Waals surface area contributed by atoms with E-state index < -0.39 is 0 Å². The van der Waals surface area contributed by atoms with Crippen molar-refractivity contribution >= 4 is 51.5 Å². The van der Waals surface area contributed by atoms with Gasteiger partial charge in [0.2, 0.25) is 0 Å². The van der Waals surface area contributed by atoms with Crippen LogP contribution in [0.15, 0.2) is 36.4 Å². The zero-order valence-electron chi connectivity index (χ0n) is 19.0. The zero-order chi connectivity index (χ0) is 23.1. The van der Waals surface area contributed by atoms with Gasteiger partial charge in [-0.1, -0.05) is 60.8 Å². The molecule has 1 aromatic heterocycles. The summed E-state index contributed by atoms with van der Waals surface area (Å²) in [6.07, 6.45) is 3.67. The van der Waals surface area contributed by atoms with Crippen molar-refractivity contribution < 1.29 is 0 Å². The van der Waals surface area contributed by atoms with Crippen LogP contribution in [0.25, 0.3) is 10.9 Å². The van der Waals surface area contributed by atoms with E-state index in [1.165, 1.54) is 0 Å². The number of nitrogens with one attached hydrogen (secondary N) is 1. The molecule has 0 aliphatic rings. The highest BCUT2D eigenvalue weighted by Crippen LogP contribution is 2.28. The molecule has 0 spiro atoms. The highest BCUT2D eigenvalue weighted by atomic mass is 35.5. The van der Waals surface area contributed by atoms with Gasteiger partial charge in [0.1, 0.15) is 11.6 Å². The molecule has 0 bridgehead atoms. The fourth-order valence-electron chi connectivity index (χ4n) is 3.80. The Kier molecular flexibility index (Phi) is 9.42. The normalized spacial score (nSPS) is 12.5. The Hall–Kier alpha value is -1.59. The van der Waals surface area contributed by atoms with Gasteiger partial charge < -0.3 is 10.2 Å². The lowest BCUT2D eigenvalue weighted by Gasteiger charge is -2.20. The molecule has 1 unspecified atom stereocenters. The van der Waals surface area contributed by atoms with Crippen molar-refractivity contribution in [3.63, 3.8) is 0 Å². The minimum atomic E-state index is 0.297. The van der Waals surface area contributed by atoms with Crippen molar-refractivity contribution in [3.8, 4) is 0 Å². The van der Waals surface area contributed by atoms with E-state index >= 15 is 0 Å². The van der Waals surface area contributed by atoms with Crippen molar-refractivity contribution in [2.24, 2.45) is 0 Å². The Balaban J connectivity index is 1.75. The lowest BCUT2D eigenvalue weighted by Crippen LogP contribution is -2.26. The summed E-state index contributed by atoms with van der Waals surface area (Å²) in [7, 11) is 0. The second-order valence-electron chi connectivity index (χ2n) is 8.09. The van der Waals surface area contributed by atoms with Crippen LogP contribution >= 0.6 is 34.8 Å². The first-order valence-electron chi connectivity index (χ1n) is 11.3. The van der Waals surface area contributed by atoms with E-state index in [1.807, 2.05) is 36.4 Å². The summed E-state index contributed by atoms with van der Waals surface area (Å²) < 4.78 is 0. The summed E-state index contributed by atoms with van der Waals surface area (Å²) in [5.41, 5.74) is 1.88. The maximum atomic E-state index is 6.49. The summed E-state index contributed by atoms with van der Waals surface area (Å²) in [6, 6.07) is 11.8. The maximum Gasteiger partial charge on any atom is 0.137 e. The summed E-state index contributed by atoms with van der Waals surface area (Å²) in [5.74, 6) is 1.60. The molecule has 0 aliphatic carbocycles. The van der Waals surface area contributed by atoms with E-state index in [4.69, 9.17) is 44.8 Å². The van der Waals surface area contributed by atoms with Crippen molar-refractivity contribution in [2.45, 2.75) is 52.5 Å². The summed E-state index contributed by atoms with van der Waals surface area (Å²) >= 11 is 18.7. The third kappa shape index (κ3) is 6.71. The highest BCUT2D eigenvalue weighted by Gasteiger charge is 2.13. The summed E-state index contributed by atoms with van der Waals surface area (Å²) in [5, 5.41) is 6.32. The first kappa shape index (κ1) is 25.0. The number of benzene rings is 2. The van der Waals surface area contributed by atoms with Crippen molar-refractivity contribution in [1.82, 2.24) is 14.9 Å². The van der Waals surface area contributed by atoms with Crippen molar-refractivity contribution in [3.05, 3.63) is 62.9 Å². The second-order valence-corrected chi connectivity index (χ2v) is 9.31. The molecule has 2 aromatic carbocycles. The largest absolute Gasteiger partial charge is 0.367 e. The van der Waals surface area contributed by atoms with Gasteiger partial charge in [-0.25, -0.2) is 9.97 Å². The molecule has 7 heteroatoms. The van der Waals surface area contributed by atoms with Gasteiger partial charge in [0, 0.05) is 17.8 Å². The number of para-hydroxylation sites is 1. The Morgan fingerprint density at radius 3 is 2.44 bits per heavy atom. The first-order chi connectivity index (χ1) is 15.4. The van der Waals surface area contributed by atoms with Crippen LogP contribution in [0, 0.1) is 0 Å². The van der Waals surface area contributed by atoms with Gasteiger partial charge in [-0.2, -0.15) is 0 Å². The fraction of sp³-hybridized carbons (Fsp3) is 0.440. The van der Waals surface area contributed by atoms with Gasteiger partial charge in [0.15, 0.2) is 0 Å². The molecular weight excluding hydrogens is 463 g/mol. The maximum absolute atomic E-state index is 6.49. The molecule has 1 heterocycles. The van der Waals surface area contributed by atoms with Crippen LogP contribution in [0.2, 0.25) is 15.1 Å². The van der Waals surface area contributed by atoms with Crippen molar-refractivity contribution in [2.75, 3.05) is 25.0 Å². The Morgan fingerprint density at radius 2 is 1.72 bits per heavy atom. The first-order valence-corrected chi connectivity index (χ1v) is 12.4. The molecular formula is C25H31Cl3N4. The van der Waals surface area contributed by atoms with Crippen LogP contribution in [0.5, 0.6) is 0 Å². The monoisotopic (exact) mass is 492 g/mol. The van der Waals surface area contributed by atoms with E-state index in [-0.39, 0.29) is 0 Å². The van der Waals surface area contributed by atoms with E-state index in [9.17, 15) is 0 Å². The van der Waals surface area contributed by atoms with E-state index in [2.05, 4.69) is 31.0 Å². The molecule has 0 saturated heterocycles. The lowest BCUT2D eigenvalue weighted by molar-refractivity contribution is 0.295. The molecule has 4 nitrogen and oxygen atoms in total. The number of hydrogen-bond acceptors (Lipinski definition) is 4. The average Bonchev–Trinajstić information content (AvgIpc) is 2.78. The van der Waals surface area contributed by atoms with Gasteiger partial charge in [-0.3, -0.25) is 0 Å². The minimum Gasteiger partial charge on any atom is -0.367 e. The molecule has 0 fully saturated rings. The number of nitrogens with zero attached hydrogens (tertiary/aromatic N) is 3. The minimum absolute atomic E-state index is 0.297. The number of anilines is 1. The smallest absolute Gasteiger partial charge is 0.137 e. The topological polar surface area (TPSA) is 41.0 Å². The van der Waals surface area contributed by atoms with Crippen LogP contribution in [0.1, 0.15) is 45.0 Å². The van der Waals surface area contributed by atoms with Gasteiger partial charge in [-0.15, -0.1) is 0 Å². The van der Waals surface area contributed by atoms with Gasteiger partial charge in [0.25, 0.3) is 0 Å². The average molecular weight is 494 g/mol. The number of fused-ring (bicyclic) bond motifs is 1. The SMILES string of the molecule is CCN(CC)CCCC(C)Nc1nc(CCc2ccc(Cl)c(Cl)c2)nc2c(Cl)cccc12. The molecule has 3 rings (SSSR count). The van der Waals surface area contributed by atoms with E-state index in [1.54, 1.807) is 0 Å². The molecule has 172 valence electrons. The Morgan fingerprint density at radius 1 is 0.938 bits per heavy atom. The number of rotatable bonds is 11. The predicted octanol–water partition coefficient (Wildman–Crippen LogP) is 7.30. The third-order valence-corrected chi connectivity index (χ3v) is 6.78. The predicted molar refractivity (Wildman–Crippen MR) is 139 cm³/mol. The summed E-state index contributed by atoms with van der Waals surface area (Å²) in [6.45, 7) is 9.92. The molecule has 0 radical (unpaired) electrons. The number of hydrogen-bond donors (Lipinski definition) is 1. The standard InChI is InChI=1S/C25H31Cl3N4/c1-4-32(5-2)15-7-8-17(3)29-25-19-9-6-10-21(27)24(19)30-23(31-25)14-12-18-11-13-20(26)22(28)16-18/h6,9-11,13,16-17H,4-5,7-8,12,14-15H2,1-3H3,(H,29,30,31). The molecule has 0 aliphatic heterocycles. The quantitative estimate of drug-likeness (QED) is 0.304. The second kappa shape index (κ2) is 12.0. The van der Waals surface area contributed by atoms with Crippen LogP contribution in [-0.4, -0.2) is 40.5 Å². The third-order valence-electron chi connectivity index (χ3n) is 5.73.